The molecule has 1 aromatic rings. The minimum atomic E-state index is -4.38. The summed E-state index contributed by atoms with van der Waals surface area (Å²) in [4.78, 5) is 14.0. The second-order valence-corrected chi connectivity index (χ2v) is 5.22. The molecule has 1 aromatic carbocycles. The number of nitrogens with two attached hydrogens (primary N) is 1. The van der Waals surface area contributed by atoms with Crippen LogP contribution in [-0.4, -0.2) is 29.9 Å². The van der Waals surface area contributed by atoms with Gasteiger partial charge in [-0.3, -0.25) is 4.79 Å². The highest BCUT2D eigenvalue weighted by atomic mass is 19.4. The minimum absolute atomic E-state index is 0.0679. The van der Waals surface area contributed by atoms with E-state index < -0.39 is 11.7 Å². The third-order valence-electron chi connectivity index (χ3n) is 3.71. The molecule has 0 aromatic heterocycles. The molecular weight excluding hydrogens is 269 g/mol. The second kappa shape index (κ2) is 5.44. The second-order valence-electron chi connectivity index (χ2n) is 5.22. The van der Waals surface area contributed by atoms with E-state index in [1.807, 2.05) is 6.92 Å². The van der Waals surface area contributed by atoms with Crippen molar-refractivity contribution >= 4 is 5.91 Å². The van der Waals surface area contributed by atoms with Gasteiger partial charge in [-0.2, -0.15) is 13.2 Å². The van der Waals surface area contributed by atoms with Crippen molar-refractivity contribution in [1.82, 2.24) is 4.90 Å². The van der Waals surface area contributed by atoms with Crippen LogP contribution in [0.2, 0.25) is 0 Å². The highest BCUT2D eigenvalue weighted by molar-refractivity contribution is 5.94. The third kappa shape index (κ3) is 2.95. The van der Waals surface area contributed by atoms with Gasteiger partial charge in [0.05, 0.1) is 5.56 Å². The maximum absolute atomic E-state index is 12.5. The van der Waals surface area contributed by atoms with E-state index in [-0.39, 0.29) is 23.4 Å². The summed E-state index contributed by atoms with van der Waals surface area (Å²) in [7, 11) is 0. The van der Waals surface area contributed by atoms with E-state index >= 15 is 0 Å². The summed E-state index contributed by atoms with van der Waals surface area (Å²) < 4.78 is 37.4. The lowest BCUT2D eigenvalue weighted by Gasteiger charge is -2.21. The Hall–Kier alpha value is -1.56. The Kier molecular flexibility index (Phi) is 4.04. The van der Waals surface area contributed by atoms with Gasteiger partial charge in [-0.25, -0.2) is 0 Å². The van der Waals surface area contributed by atoms with Crippen LogP contribution in [0.5, 0.6) is 0 Å². The molecule has 0 radical (unpaired) electrons. The molecular formula is C14H17F3N2O. The molecule has 1 amide bonds. The van der Waals surface area contributed by atoms with Gasteiger partial charge in [0.1, 0.15) is 0 Å². The normalized spacial score (nSPS) is 23.1. The van der Waals surface area contributed by atoms with Crippen LogP contribution in [0.3, 0.4) is 0 Å². The lowest BCUT2D eigenvalue weighted by molar-refractivity contribution is -0.137. The van der Waals surface area contributed by atoms with Crippen molar-refractivity contribution in [3.63, 3.8) is 0 Å². The molecule has 110 valence electrons. The first-order chi connectivity index (χ1) is 9.32. The average molecular weight is 286 g/mol. The van der Waals surface area contributed by atoms with Crippen molar-refractivity contribution in [3.8, 4) is 0 Å². The Morgan fingerprint density at radius 3 is 2.40 bits per heavy atom. The minimum Gasteiger partial charge on any atom is -0.336 e. The number of likely N-dealkylation sites (tertiary alicyclic amines) is 1. The van der Waals surface area contributed by atoms with E-state index in [4.69, 9.17) is 5.73 Å². The van der Waals surface area contributed by atoms with Gasteiger partial charge in [0.25, 0.3) is 5.91 Å². The molecule has 20 heavy (non-hydrogen) atoms. The maximum Gasteiger partial charge on any atom is 0.416 e. The largest absolute Gasteiger partial charge is 0.416 e. The molecule has 0 spiro atoms. The number of carbonyl (C=O) groups is 1. The molecule has 3 nitrogen and oxygen atoms in total. The lowest BCUT2D eigenvalue weighted by Crippen LogP contribution is -2.34. The summed E-state index contributed by atoms with van der Waals surface area (Å²) in [6, 6.07) is 4.41. The van der Waals surface area contributed by atoms with Gasteiger partial charge in [0.2, 0.25) is 0 Å². The average Bonchev–Trinajstić information content (AvgIpc) is 2.78. The van der Waals surface area contributed by atoms with Crippen molar-refractivity contribution in [1.29, 1.82) is 0 Å². The molecule has 2 rings (SSSR count). The molecule has 0 saturated carbocycles. The Bertz CT molecular complexity index is 484. The first kappa shape index (κ1) is 14.8. The lowest BCUT2D eigenvalue weighted by atomic mass is 10.1. The predicted octanol–water partition coefficient (Wildman–Crippen LogP) is 2.51. The predicted molar refractivity (Wildman–Crippen MR) is 69.1 cm³/mol. The smallest absolute Gasteiger partial charge is 0.336 e. The van der Waals surface area contributed by atoms with Gasteiger partial charge in [-0.05, 0) is 50.1 Å². The Morgan fingerprint density at radius 2 is 1.95 bits per heavy atom. The molecule has 0 aliphatic carbocycles. The van der Waals surface area contributed by atoms with E-state index in [9.17, 15) is 18.0 Å². The van der Waals surface area contributed by atoms with E-state index in [1.165, 1.54) is 12.1 Å². The Morgan fingerprint density at radius 1 is 1.35 bits per heavy atom. The summed E-state index contributed by atoms with van der Waals surface area (Å²) in [5.74, 6) is 0.0329. The molecule has 1 fully saturated rings. The van der Waals surface area contributed by atoms with Crippen LogP contribution in [0.15, 0.2) is 24.3 Å². The van der Waals surface area contributed by atoms with Crippen LogP contribution >= 0.6 is 0 Å². The molecule has 1 aliphatic rings. The van der Waals surface area contributed by atoms with Crippen LogP contribution < -0.4 is 5.73 Å². The molecule has 1 aliphatic heterocycles. The van der Waals surface area contributed by atoms with Crippen LogP contribution in [0.1, 0.15) is 29.3 Å². The molecule has 0 bridgehead atoms. The van der Waals surface area contributed by atoms with Crippen molar-refractivity contribution in [2.75, 3.05) is 13.1 Å². The third-order valence-corrected chi connectivity index (χ3v) is 3.71. The van der Waals surface area contributed by atoms with Gasteiger partial charge in [-0.15, -0.1) is 0 Å². The van der Waals surface area contributed by atoms with Crippen LogP contribution in [-0.2, 0) is 6.18 Å². The number of rotatable bonds is 2. The number of carbonyl (C=O) groups excluding carboxylic acids is 1. The first-order valence-electron chi connectivity index (χ1n) is 6.51. The zero-order valence-corrected chi connectivity index (χ0v) is 11.2. The fourth-order valence-corrected chi connectivity index (χ4v) is 2.56. The fraction of sp³-hybridized carbons (Fsp3) is 0.500. The number of halogens is 3. The number of alkyl halides is 3. The number of amides is 1. The van der Waals surface area contributed by atoms with Gasteiger partial charge in [0.15, 0.2) is 0 Å². The van der Waals surface area contributed by atoms with Crippen molar-refractivity contribution in [3.05, 3.63) is 35.4 Å². The van der Waals surface area contributed by atoms with E-state index in [0.29, 0.717) is 13.1 Å². The Labute approximate surface area is 115 Å². The number of hydrogen-bond acceptors (Lipinski definition) is 2. The summed E-state index contributed by atoms with van der Waals surface area (Å²) in [5, 5.41) is 0. The van der Waals surface area contributed by atoms with Crippen molar-refractivity contribution in [2.24, 2.45) is 11.7 Å². The van der Waals surface area contributed by atoms with Gasteiger partial charge in [-0.1, -0.05) is 0 Å². The molecule has 2 N–H and O–H groups in total. The summed E-state index contributed by atoms with van der Waals surface area (Å²) >= 11 is 0. The van der Waals surface area contributed by atoms with E-state index in [1.54, 1.807) is 4.90 Å². The van der Waals surface area contributed by atoms with Crippen LogP contribution in [0.4, 0.5) is 13.2 Å². The zero-order valence-electron chi connectivity index (χ0n) is 11.2. The topological polar surface area (TPSA) is 46.3 Å². The fourth-order valence-electron chi connectivity index (χ4n) is 2.56. The SMILES string of the molecule is CC1CC(CN)CN1C(=O)c1ccc(C(F)(F)F)cc1. The van der Waals surface area contributed by atoms with E-state index in [0.717, 1.165) is 18.6 Å². The molecule has 2 atom stereocenters. The highest BCUT2D eigenvalue weighted by Gasteiger charge is 2.33. The molecule has 1 heterocycles. The van der Waals surface area contributed by atoms with Gasteiger partial charge in [0, 0.05) is 18.2 Å². The van der Waals surface area contributed by atoms with Crippen molar-refractivity contribution < 1.29 is 18.0 Å². The summed E-state index contributed by atoms with van der Waals surface area (Å²) in [6.45, 7) is 3.01. The van der Waals surface area contributed by atoms with Crippen LogP contribution in [0.25, 0.3) is 0 Å². The highest BCUT2D eigenvalue weighted by Crippen LogP contribution is 2.30. The number of hydrogen-bond donors (Lipinski definition) is 1. The van der Waals surface area contributed by atoms with E-state index in [2.05, 4.69) is 0 Å². The summed E-state index contributed by atoms with van der Waals surface area (Å²) in [5.41, 5.74) is 5.14. The summed E-state index contributed by atoms with van der Waals surface area (Å²) in [6.07, 6.45) is -3.55. The van der Waals surface area contributed by atoms with Crippen molar-refractivity contribution in [2.45, 2.75) is 25.6 Å². The molecule has 1 saturated heterocycles. The number of benzene rings is 1. The first-order valence-corrected chi connectivity index (χ1v) is 6.51. The zero-order chi connectivity index (χ0) is 14.9. The monoisotopic (exact) mass is 286 g/mol. The Balaban J connectivity index is 2.14. The molecule has 6 heteroatoms. The van der Waals surface area contributed by atoms with Gasteiger partial charge < -0.3 is 10.6 Å². The van der Waals surface area contributed by atoms with Crippen LogP contribution in [0, 0.1) is 5.92 Å². The molecule has 2 unspecified atom stereocenters. The number of nitrogens with zero attached hydrogens (tertiary/aromatic N) is 1. The van der Waals surface area contributed by atoms with Gasteiger partial charge >= 0.3 is 6.18 Å². The maximum atomic E-state index is 12.5. The standard InChI is InChI=1S/C14H17F3N2O/c1-9-6-10(7-18)8-19(9)13(20)11-2-4-12(5-3-11)14(15,16)17/h2-5,9-10H,6-8,18H2,1H3. The quantitative estimate of drug-likeness (QED) is 0.908.